The Labute approximate surface area is 142 Å². The van der Waals surface area contributed by atoms with Crippen molar-refractivity contribution < 1.29 is 9.53 Å². The molecule has 0 saturated heterocycles. The van der Waals surface area contributed by atoms with Gasteiger partial charge in [-0.05, 0) is 45.9 Å². The molecule has 1 aromatic heterocycles. The van der Waals surface area contributed by atoms with Crippen molar-refractivity contribution in [1.29, 1.82) is 0 Å². The first-order valence-electron chi connectivity index (χ1n) is 8.20. The van der Waals surface area contributed by atoms with Gasteiger partial charge in [-0.15, -0.1) is 0 Å². The Morgan fingerprint density at radius 3 is 2.58 bits per heavy atom. The molecule has 0 unspecified atom stereocenters. The molecule has 0 fully saturated rings. The van der Waals surface area contributed by atoms with Crippen LogP contribution in [-0.4, -0.2) is 35.1 Å². The summed E-state index contributed by atoms with van der Waals surface area (Å²) in [6.45, 7) is 9.51. The lowest BCUT2D eigenvalue weighted by Crippen LogP contribution is -2.25. The quantitative estimate of drug-likeness (QED) is 0.844. The molecule has 1 aromatic carbocycles. The summed E-state index contributed by atoms with van der Waals surface area (Å²) in [4.78, 5) is 23.1. The van der Waals surface area contributed by atoms with Gasteiger partial charge in [0.05, 0.1) is 11.8 Å². The number of hydrogen-bond acceptors (Lipinski definition) is 5. The number of carbonyl (C=O) groups excluding carboxylic acids is 1. The van der Waals surface area contributed by atoms with E-state index in [9.17, 15) is 4.79 Å². The molecule has 0 aliphatic rings. The molecule has 2 rings (SSSR count). The number of para-hydroxylation sites is 2. The summed E-state index contributed by atoms with van der Waals surface area (Å²) in [5.41, 5.74) is 0.949. The molecular weight excluding hydrogens is 304 g/mol. The maximum absolute atomic E-state index is 12.5. The van der Waals surface area contributed by atoms with Crippen LogP contribution >= 0.6 is 0 Å². The minimum atomic E-state index is -0.286. The number of nitrogens with zero attached hydrogens (tertiary/aromatic N) is 3. The van der Waals surface area contributed by atoms with Gasteiger partial charge in [0.25, 0.3) is 5.91 Å². The summed E-state index contributed by atoms with van der Waals surface area (Å²) in [5.74, 6) is 0.906. The zero-order valence-corrected chi connectivity index (χ0v) is 14.6. The molecule has 1 N–H and O–H groups in total. The second-order valence-electron chi connectivity index (χ2n) is 5.53. The van der Waals surface area contributed by atoms with Gasteiger partial charge in [0.2, 0.25) is 5.95 Å². The summed E-state index contributed by atoms with van der Waals surface area (Å²) in [5, 5.41) is 2.86. The minimum absolute atomic E-state index is 0.0244. The van der Waals surface area contributed by atoms with E-state index in [1.807, 2.05) is 56.9 Å². The molecule has 0 radical (unpaired) electrons. The number of rotatable bonds is 7. The molecule has 2 aromatic rings. The number of benzene rings is 1. The molecule has 0 aliphatic carbocycles. The third kappa shape index (κ3) is 4.44. The highest BCUT2D eigenvalue weighted by molar-refractivity contribution is 6.03. The fourth-order valence-electron chi connectivity index (χ4n) is 2.25. The predicted molar refractivity (Wildman–Crippen MR) is 95.8 cm³/mol. The third-order valence-electron chi connectivity index (χ3n) is 3.42. The predicted octanol–water partition coefficient (Wildman–Crippen LogP) is 3.36. The van der Waals surface area contributed by atoms with Gasteiger partial charge in [-0.2, -0.15) is 0 Å². The van der Waals surface area contributed by atoms with Gasteiger partial charge in [0.1, 0.15) is 11.4 Å². The van der Waals surface area contributed by atoms with Crippen LogP contribution in [0.15, 0.2) is 36.5 Å². The second kappa shape index (κ2) is 8.29. The zero-order chi connectivity index (χ0) is 17.5. The standard InChI is InChI=1S/C18H24N4O2/c1-5-22(6-2)18-19-12-11-15(21-18)17(23)20-14-9-7-8-10-16(14)24-13(3)4/h7-13H,5-6H2,1-4H3,(H,20,23). The van der Waals surface area contributed by atoms with Crippen molar-refractivity contribution in [2.75, 3.05) is 23.3 Å². The van der Waals surface area contributed by atoms with Crippen molar-refractivity contribution in [2.24, 2.45) is 0 Å². The number of ether oxygens (including phenoxy) is 1. The molecule has 128 valence electrons. The summed E-state index contributed by atoms with van der Waals surface area (Å²) in [7, 11) is 0. The number of anilines is 2. The molecule has 0 spiro atoms. The summed E-state index contributed by atoms with van der Waals surface area (Å²) < 4.78 is 5.72. The average Bonchev–Trinajstić information content (AvgIpc) is 2.57. The lowest BCUT2D eigenvalue weighted by atomic mass is 10.2. The summed E-state index contributed by atoms with van der Waals surface area (Å²) in [6, 6.07) is 8.97. The summed E-state index contributed by atoms with van der Waals surface area (Å²) in [6.07, 6.45) is 1.63. The molecule has 0 atom stereocenters. The lowest BCUT2D eigenvalue weighted by Gasteiger charge is -2.18. The second-order valence-corrected chi connectivity index (χ2v) is 5.53. The highest BCUT2D eigenvalue weighted by atomic mass is 16.5. The summed E-state index contributed by atoms with van der Waals surface area (Å²) >= 11 is 0. The van der Waals surface area contributed by atoms with Gasteiger partial charge in [-0.3, -0.25) is 4.79 Å². The van der Waals surface area contributed by atoms with Crippen LogP contribution in [0.4, 0.5) is 11.6 Å². The molecule has 24 heavy (non-hydrogen) atoms. The van der Waals surface area contributed by atoms with Crippen LogP contribution in [-0.2, 0) is 0 Å². The van der Waals surface area contributed by atoms with Crippen LogP contribution in [0.2, 0.25) is 0 Å². The van der Waals surface area contributed by atoms with E-state index in [1.165, 1.54) is 0 Å². The Morgan fingerprint density at radius 1 is 1.21 bits per heavy atom. The van der Waals surface area contributed by atoms with Crippen LogP contribution < -0.4 is 15.0 Å². The smallest absolute Gasteiger partial charge is 0.274 e. The fraction of sp³-hybridized carbons (Fsp3) is 0.389. The van der Waals surface area contributed by atoms with Crippen molar-refractivity contribution in [3.63, 3.8) is 0 Å². The van der Waals surface area contributed by atoms with Crippen LogP contribution in [0.25, 0.3) is 0 Å². The molecule has 6 heteroatoms. The number of carbonyl (C=O) groups is 1. The van der Waals surface area contributed by atoms with E-state index in [2.05, 4.69) is 15.3 Å². The molecule has 0 saturated carbocycles. The first kappa shape index (κ1) is 17.7. The maximum Gasteiger partial charge on any atom is 0.274 e. The van der Waals surface area contributed by atoms with E-state index >= 15 is 0 Å². The maximum atomic E-state index is 12.5. The van der Waals surface area contributed by atoms with E-state index in [0.29, 0.717) is 23.1 Å². The van der Waals surface area contributed by atoms with Crippen LogP contribution in [0, 0.1) is 0 Å². The first-order chi connectivity index (χ1) is 11.5. The average molecular weight is 328 g/mol. The minimum Gasteiger partial charge on any atom is -0.489 e. The normalized spacial score (nSPS) is 10.5. The monoisotopic (exact) mass is 328 g/mol. The fourth-order valence-corrected chi connectivity index (χ4v) is 2.25. The van der Waals surface area contributed by atoms with E-state index in [1.54, 1.807) is 12.3 Å². The molecular formula is C18H24N4O2. The van der Waals surface area contributed by atoms with Gasteiger partial charge in [-0.25, -0.2) is 9.97 Å². The topological polar surface area (TPSA) is 67.4 Å². The molecule has 0 aliphatic heterocycles. The van der Waals surface area contributed by atoms with E-state index in [4.69, 9.17) is 4.74 Å². The molecule has 6 nitrogen and oxygen atoms in total. The Morgan fingerprint density at radius 2 is 1.92 bits per heavy atom. The van der Waals surface area contributed by atoms with E-state index < -0.39 is 0 Å². The van der Waals surface area contributed by atoms with Crippen molar-refractivity contribution >= 4 is 17.5 Å². The van der Waals surface area contributed by atoms with Gasteiger partial charge in [0, 0.05) is 19.3 Å². The van der Waals surface area contributed by atoms with E-state index in [0.717, 1.165) is 13.1 Å². The first-order valence-corrected chi connectivity index (χ1v) is 8.20. The van der Waals surface area contributed by atoms with Crippen molar-refractivity contribution in [3.8, 4) is 5.75 Å². The third-order valence-corrected chi connectivity index (χ3v) is 3.42. The van der Waals surface area contributed by atoms with Gasteiger partial charge < -0.3 is 15.0 Å². The van der Waals surface area contributed by atoms with E-state index in [-0.39, 0.29) is 12.0 Å². The number of amides is 1. The highest BCUT2D eigenvalue weighted by Gasteiger charge is 2.14. The van der Waals surface area contributed by atoms with Crippen molar-refractivity contribution in [2.45, 2.75) is 33.8 Å². The largest absolute Gasteiger partial charge is 0.489 e. The van der Waals surface area contributed by atoms with Crippen LogP contribution in [0.1, 0.15) is 38.2 Å². The lowest BCUT2D eigenvalue weighted by molar-refractivity contribution is 0.102. The van der Waals surface area contributed by atoms with Crippen LogP contribution in [0.3, 0.4) is 0 Å². The molecule has 1 heterocycles. The Bertz CT molecular complexity index is 684. The van der Waals surface area contributed by atoms with Crippen molar-refractivity contribution in [1.82, 2.24) is 9.97 Å². The number of hydrogen-bond donors (Lipinski definition) is 1. The molecule has 1 amide bonds. The Kier molecular flexibility index (Phi) is 6.12. The molecule has 0 bridgehead atoms. The number of nitrogens with one attached hydrogen (secondary N) is 1. The van der Waals surface area contributed by atoms with Crippen molar-refractivity contribution in [3.05, 3.63) is 42.2 Å². The highest BCUT2D eigenvalue weighted by Crippen LogP contribution is 2.25. The zero-order valence-electron chi connectivity index (χ0n) is 14.6. The van der Waals surface area contributed by atoms with Gasteiger partial charge in [-0.1, -0.05) is 12.1 Å². The SMILES string of the molecule is CCN(CC)c1nccc(C(=O)Nc2ccccc2OC(C)C)n1. The number of aromatic nitrogens is 2. The van der Waals surface area contributed by atoms with Gasteiger partial charge in [0.15, 0.2) is 0 Å². The van der Waals surface area contributed by atoms with Gasteiger partial charge >= 0.3 is 0 Å². The Hall–Kier alpha value is -2.63. The Balaban J connectivity index is 2.20. The van der Waals surface area contributed by atoms with Crippen LogP contribution in [0.5, 0.6) is 5.75 Å².